The monoisotopic (exact) mass is 1720 g/mol. The predicted octanol–water partition coefficient (Wildman–Crippen LogP) is 31.6. The minimum Gasteiger partial charge on any atom is -0.496 e. The van der Waals surface area contributed by atoms with Crippen molar-refractivity contribution in [3.05, 3.63) is 332 Å². The van der Waals surface area contributed by atoms with E-state index in [-0.39, 0.29) is 34.1 Å². The maximum Gasteiger partial charge on any atom is 0.416 e. The maximum atomic E-state index is 12.9. The zero-order valence-electron chi connectivity index (χ0n) is 64.4. The first-order valence-electron chi connectivity index (χ1n) is 33.1. The molecular weight excluding hydrogens is 1630 g/mol. The molecule has 0 bridgehead atoms. The number of hydrogen-bond donors (Lipinski definition) is 0. The van der Waals surface area contributed by atoms with E-state index in [4.69, 9.17) is 51.1 Å². The van der Waals surface area contributed by atoms with Gasteiger partial charge in [0.05, 0.1) is 23.8 Å². The van der Waals surface area contributed by atoms with Gasteiger partial charge in [-0.15, -0.1) is 0 Å². The molecule has 0 aliphatic carbocycles. The molecule has 0 amide bonds. The molecule has 0 aliphatic heterocycles. The molecule has 0 atom stereocenters. The Morgan fingerprint density at radius 1 is 0.287 bits per heavy atom. The van der Waals surface area contributed by atoms with Crippen LogP contribution in [0.1, 0.15) is 134 Å². The van der Waals surface area contributed by atoms with Crippen LogP contribution in [0.4, 0.5) is 61.5 Å². The Morgan fingerprint density at radius 2 is 0.611 bits per heavy atom. The Kier molecular flexibility index (Phi) is 42.1. The second-order valence-electron chi connectivity index (χ2n) is 25.7. The van der Waals surface area contributed by atoms with Crippen molar-refractivity contribution in [3.63, 3.8) is 0 Å². The zero-order chi connectivity index (χ0) is 83.4. The van der Waals surface area contributed by atoms with E-state index < -0.39 is 47.6 Å². The van der Waals surface area contributed by atoms with Crippen molar-refractivity contribution in [1.82, 2.24) is 0 Å². The summed E-state index contributed by atoms with van der Waals surface area (Å²) in [4.78, 5) is 0. The SMILES string of the molecule is COc1cc(C)ccc1C.Cc1cc(C)c(C)c(Br)c1.Cc1cc(C)cc(C(F)(F)F)c1.Cc1cc(Cl)c(C)c(Cl)c1.Cc1cc(F)c(C)c(Br)c1.Cc1cc(F)c(C)c(C(F)(F)F)c1.Cc1cc(F)c(C)c(Cl)c1.Cc1ccc(C)c(C(F)(F)F)c1.Cc1ccc(C)c(Cl)c1.Cc1ccc(C)c(OC(F)F)c1. The van der Waals surface area contributed by atoms with Crippen LogP contribution in [0, 0.1) is 163 Å². The van der Waals surface area contributed by atoms with Crippen molar-refractivity contribution in [2.75, 3.05) is 7.11 Å². The van der Waals surface area contributed by atoms with E-state index >= 15 is 0 Å². The first-order valence-corrected chi connectivity index (χ1v) is 36.2. The molecule has 2 nitrogen and oxygen atoms in total. The van der Waals surface area contributed by atoms with Gasteiger partial charge in [-0.3, -0.25) is 0 Å². The summed E-state index contributed by atoms with van der Waals surface area (Å²) in [6.45, 7) is 35.3. The fraction of sp³-hybridized carbons (Fsp3) is 0.302. The normalized spacial score (nSPS) is 10.6. The van der Waals surface area contributed by atoms with Gasteiger partial charge in [-0.25, -0.2) is 13.2 Å². The molecule has 0 fully saturated rings. The van der Waals surface area contributed by atoms with E-state index in [1.807, 2.05) is 97.9 Å². The van der Waals surface area contributed by atoms with Crippen LogP contribution < -0.4 is 9.47 Å². The lowest BCUT2D eigenvalue weighted by Crippen LogP contribution is -2.09. The van der Waals surface area contributed by atoms with Crippen molar-refractivity contribution in [2.24, 2.45) is 0 Å². The zero-order valence-corrected chi connectivity index (χ0v) is 70.6. The van der Waals surface area contributed by atoms with Gasteiger partial charge in [0.15, 0.2) is 0 Å². The largest absolute Gasteiger partial charge is 0.496 e. The molecule has 0 N–H and O–H groups in total. The summed E-state index contributed by atoms with van der Waals surface area (Å²) in [5.41, 5.74) is 15.6. The van der Waals surface area contributed by atoms with E-state index in [1.165, 1.54) is 69.9 Å². The van der Waals surface area contributed by atoms with Gasteiger partial charge >= 0.3 is 25.1 Å². The Balaban J connectivity index is 0.000000601. The predicted molar refractivity (Wildman–Crippen MR) is 427 cm³/mol. The second-order valence-corrected chi connectivity index (χ2v) is 29.1. The molecule has 10 rings (SSSR count). The number of methoxy groups -OCH3 is 1. The lowest BCUT2D eigenvalue weighted by Gasteiger charge is -2.11. The first kappa shape index (κ1) is 98.9. The van der Waals surface area contributed by atoms with Gasteiger partial charge in [0.2, 0.25) is 0 Å². The molecule has 0 aromatic heterocycles. The molecule has 0 saturated heterocycles. The lowest BCUT2D eigenvalue weighted by molar-refractivity contribution is -0.139. The molecule has 0 heterocycles. The van der Waals surface area contributed by atoms with Gasteiger partial charge < -0.3 is 9.47 Å². The number of benzene rings is 10. The number of aryl methyl sites for hydroxylation is 16. The van der Waals surface area contributed by atoms with Crippen LogP contribution in [-0.4, -0.2) is 13.7 Å². The smallest absolute Gasteiger partial charge is 0.416 e. The number of alkyl halides is 11. The molecule has 108 heavy (non-hydrogen) atoms. The van der Waals surface area contributed by atoms with Crippen molar-refractivity contribution in [2.45, 2.75) is 171 Å². The summed E-state index contributed by atoms with van der Waals surface area (Å²) in [6, 6.07) is 42.6. The highest BCUT2D eigenvalue weighted by atomic mass is 79.9. The fourth-order valence-corrected chi connectivity index (χ4v) is 11.5. The van der Waals surface area contributed by atoms with E-state index in [9.17, 15) is 61.5 Å². The summed E-state index contributed by atoms with van der Waals surface area (Å²) >= 11 is 29.9. The van der Waals surface area contributed by atoms with Gasteiger partial charge in [0.1, 0.15) is 29.0 Å². The van der Waals surface area contributed by atoms with Gasteiger partial charge in [0, 0.05) is 34.6 Å². The fourth-order valence-electron chi connectivity index (χ4n) is 9.15. The molecule has 0 saturated carbocycles. The first-order chi connectivity index (χ1) is 49.6. The minimum absolute atomic E-state index is 0.146. The summed E-state index contributed by atoms with van der Waals surface area (Å²) < 4.78 is 183. The van der Waals surface area contributed by atoms with E-state index in [0.29, 0.717) is 32.8 Å². The molecular formula is C86H92Br2Cl4F14O2. The Hall–Kier alpha value is -7.06. The standard InChI is InChI=1S/C9H11Br.C9H8F4.2C9H9F3.C9H10F2O.C9H12O.C8H8BrF.C8H8Cl2.C8H8ClF.C8H9Cl/c1-6-4-7(2)8(3)9(10)5-6;1-5-3-7(9(11,12)13)6(2)8(10)4-5;1-6-3-7(2)5-8(4-6)9(10,11)12;1-6-3-4-7(2)8(5-6)9(10,11)12;1-6-3-4-7(2)8(5-6)12-9(10)11;1-7-4-5-8(2)9(6-7)10-3;3*1-5-3-7(9)6(2)8(10)4-5;1-6-3-4-7(2)8(9)5-6/h4-5H,1-3H3;3-4H,1-2H3;2*3-5H,1-2H3;3-5,9H,1-2H3;4-6H,1-3H3;3*3-4H,1-2H3;3-5H,1-2H3. The number of rotatable bonds is 3. The van der Waals surface area contributed by atoms with Crippen LogP contribution >= 0.6 is 78.3 Å². The topological polar surface area (TPSA) is 18.5 Å². The number of halogens is 20. The van der Waals surface area contributed by atoms with Crippen molar-refractivity contribution < 1.29 is 70.9 Å². The summed E-state index contributed by atoms with van der Waals surface area (Å²) in [5.74, 6) is 0.0363. The molecule has 0 unspecified atom stereocenters. The lowest BCUT2D eigenvalue weighted by atomic mass is 10.0. The summed E-state index contributed by atoms with van der Waals surface area (Å²) in [6.07, 6.45) is -12.9. The second kappa shape index (κ2) is 45.9. The van der Waals surface area contributed by atoms with Gasteiger partial charge in [-0.2, -0.15) is 48.3 Å². The summed E-state index contributed by atoms with van der Waals surface area (Å²) in [5, 5.41) is 2.84. The molecule has 10 aromatic carbocycles. The highest BCUT2D eigenvalue weighted by Gasteiger charge is 2.34. The Morgan fingerprint density at radius 3 is 0.991 bits per heavy atom. The van der Waals surface area contributed by atoms with Crippen LogP contribution in [-0.2, 0) is 18.5 Å². The Labute approximate surface area is 665 Å². The van der Waals surface area contributed by atoms with E-state index in [0.717, 1.165) is 101 Å². The quantitative estimate of drug-likeness (QED) is 0.164. The van der Waals surface area contributed by atoms with Crippen LogP contribution in [0.3, 0.4) is 0 Å². The van der Waals surface area contributed by atoms with Crippen molar-refractivity contribution in [3.8, 4) is 11.5 Å². The third kappa shape index (κ3) is 36.6. The molecule has 22 heteroatoms. The van der Waals surface area contributed by atoms with Crippen LogP contribution in [0.25, 0.3) is 0 Å². The molecule has 588 valence electrons. The molecule has 0 radical (unpaired) electrons. The molecule has 0 spiro atoms. The summed E-state index contributed by atoms with van der Waals surface area (Å²) in [7, 11) is 1.70. The molecule has 0 aliphatic rings. The van der Waals surface area contributed by atoms with Crippen molar-refractivity contribution >= 4 is 78.3 Å². The van der Waals surface area contributed by atoms with Gasteiger partial charge in [0.25, 0.3) is 0 Å². The van der Waals surface area contributed by atoms with Gasteiger partial charge in [-0.05, 0) is 331 Å². The minimum atomic E-state index is -4.48. The third-order valence-electron chi connectivity index (χ3n) is 15.5. The molecule has 10 aromatic rings. The number of hydrogen-bond acceptors (Lipinski definition) is 2. The number of ether oxygens (including phenoxy) is 2. The van der Waals surface area contributed by atoms with E-state index in [1.54, 1.807) is 79.0 Å². The van der Waals surface area contributed by atoms with Crippen LogP contribution in [0.5, 0.6) is 11.5 Å². The Bertz CT molecular complexity index is 4220. The van der Waals surface area contributed by atoms with E-state index in [2.05, 4.69) is 94.6 Å². The van der Waals surface area contributed by atoms with Crippen LogP contribution in [0.2, 0.25) is 20.1 Å². The third-order valence-corrected chi connectivity index (χ3v) is 18.7. The average molecular weight is 1730 g/mol. The highest BCUT2D eigenvalue weighted by molar-refractivity contribution is 9.10. The highest BCUT2D eigenvalue weighted by Crippen LogP contribution is 2.35. The average Bonchev–Trinajstić information content (AvgIpc) is 0.834. The van der Waals surface area contributed by atoms with Crippen LogP contribution in [0.15, 0.2) is 161 Å². The maximum absolute atomic E-state index is 12.9. The van der Waals surface area contributed by atoms with Crippen molar-refractivity contribution in [1.29, 1.82) is 0 Å². The van der Waals surface area contributed by atoms with Gasteiger partial charge in [-0.1, -0.05) is 156 Å².